The standard InChI is InChI=1S/C9H8N2O6S/c1-5-2-8(18-4-9(12)13)7(11(16)17)3-6(5)10(14)15/h2-3H,4H2,1H3,(H,12,13). The summed E-state index contributed by atoms with van der Waals surface area (Å²) in [5.41, 5.74) is -0.571. The minimum atomic E-state index is -1.12. The van der Waals surface area contributed by atoms with Gasteiger partial charge in [-0.25, -0.2) is 0 Å². The number of nitro benzene ring substituents is 2. The van der Waals surface area contributed by atoms with Crippen LogP contribution in [0.1, 0.15) is 5.56 Å². The zero-order chi connectivity index (χ0) is 13.9. The SMILES string of the molecule is Cc1cc(SCC(=O)O)c([N+](=O)[O-])cc1[N+](=O)[O-]. The smallest absolute Gasteiger partial charge is 0.313 e. The first-order valence-corrected chi connectivity index (χ1v) is 5.59. The van der Waals surface area contributed by atoms with Gasteiger partial charge in [0.1, 0.15) is 0 Å². The first-order chi connectivity index (χ1) is 8.32. The number of hydrogen-bond acceptors (Lipinski definition) is 6. The van der Waals surface area contributed by atoms with Crippen molar-refractivity contribution in [3.63, 3.8) is 0 Å². The Bertz CT molecular complexity index is 530. The molecule has 1 aromatic rings. The normalized spacial score (nSPS) is 10.1. The molecule has 0 heterocycles. The van der Waals surface area contributed by atoms with Gasteiger partial charge in [-0.15, -0.1) is 11.8 Å². The van der Waals surface area contributed by atoms with Crippen molar-refractivity contribution in [2.75, 3.05) is 5.75 Å². The van der Waals surface area contributed by atoms with Crippen LogP contribution >= 0.6 is 11.8 Å². The van der Waals surface area contributed by atoms with Crippen LogP contribution in [0.25, 0.3) is 0 Å². The van der Waals surface area contributed by atoms with Crippen LogP contribution in [0.15, 0.2) is 17.0 Å². The highest BCUT2D eigenvalue weighted by Crippen LogP contribution is 2.34. The van der Waals surface area contributed by atoms with Gasteiger partial charge in [-0.2, -0.15) is 0 Å². The average molecular weight is 272 g/mol. The van der Waals surface area contributed by atoms with E-state index in [0.29, 0.717) is 0 Å². The molecule has 0 saturated carbocycles. The van der Waals surface area contributed by atoms with E-state index in [1.54, 1.807) is 0 Å². The highest BCUT2D eigenvalue weighted by Gasteiger charge is 2.23. The second-order valence-corrected chi connectivity index (χ2v) is 4.32. The zero-order valence-electron chi connectivity index (χ0n) is 9.15. The number of aryl methyl sites for hydroxylation is 1. The fourth-order valence-corrected chi connectivity index (χ4v) is 2.07. The Morgan fingerprint density at radius 1 is 1.28 bits per heavy atom. The maximum atomic E-state index is 10.8. The molecule has 0 saturated heterocycles. The summed E-state index contributed by atoms with van der Waals surface area (Å²) in [7, 11) is 0. The van der Waals surface area contributed by atoms with E-state index < -0.39 is 21.5 Å². The Labute approximate surface area is 105 Å². The molecule has 0 aromatic heterocycles. The lowest BCUT2D eigenvalue weighted by molar-refractivity contribution is -0.396. The van der Waals surface area contributed by atoms with Crippen molar-refractivity contribution in [2.24, 2.45) is 0 Å². The van der Waals surface area contributed by atoms with Crippen molar-refractivity contribution in [3.05, 3.63) is 37.9 Å². The van der Waals surface area contributed by atoms with Crippen LogP contribution < -0.4 is 0 Å². The molecule has 0 unspecified atom stereocenters. The number of benzene rings is 1. The van der Waals surface area contributed by atoms with E-state index in [-0.39, 0.29) is 21.9 Å². The summed E-state index contributed by atoms with van der Waals surface area (Å²) in [6.07, 6.45) is 0. The molecule has 8 nitrogen and oxygen atoms in total. The minimum absolute atomic E-state index is 0.102. The summed E-state index contributed by atoms with van der Waals surface area (Å²) < 4.78 is 0. The van der Waals surface area contributed by atoms with Gasteiger partial charge < -0.3 is 5.11 Å². The van der Waals surface area contributed by atoms with Gasteiger partial charge in [0, 0.05) is 5.56 Å². The fraction of sp³-hybridized carbons (Fsp3) is 0.222. The van der Waals surface area contributed by atoms with E-state index >= 15 is 0 Å². The molecule has 0 spiro atoms. The van der Waals surface area contributed by atoms with Gasteiger partial charge in [0.05, 0.1) is 26.6 Å². The first kappa shape index (κ1) is 13.9. The first-order valence-electron chi connectivity index (χ1n) is 4.61. The van der Waals surface area contributed by atoms with Crippen molar-refractivity contribution in [2.45, 2.75) is 11.8 Å². The number of hydrogen-bond donors (Lipinski definition) is 1. The molecule has 96 valence electrons. The summed E-state index contributed by atoms with van der Waals surface area (Å²) >= 11 is 0.754. The van der Waals surface area contributed by atoms with E-state index in [1.165, 1.54) is 13.0 Å². The van der Waals surface area contributed by atoms with Crippen LogP contribution in [-0.4, -0.2) is 26.7 Å². The lowest BCUT2D eigenvalue weighted by atomic mass is 10.2. The maximum Gasteiger partial charge on any atom is 0.313 e. The van der Waals surface area contributed by atoms with Crippen LogP contribution in [-0.2, 0) is 4.79 Å². The third-order valence-corrected chi connectivity index (χ3v) is 3.05. The third-order valence-electron chi connectivity index (χ3n) is 2.02. The molecule has 0 radical (unpaired) electrons. The maximum absolute atomic E-state index is 10.8. The van der Waals surface area contributed by atoms with Gasteiger partial charge in [0.2, 0.25) is 0 Å². The second kappa shape index (κ2) is 5.45. The Morgan fingerprint density at radius 2 is 1.83 bits per heavy atom. The zero-order valence-corrected chi connectivity index (χ0v) is 9.97. The van der Waals surface area contributed by atoms with E-state index in [9.17, 15) is 25.0 Å². The summed E-state index contributed by atoms with van der Waals surface area (Å²) in [6, 6.07) is 2.10. The molecule has 0 fully saturated rings. The van der Waals surface area contributed by atoms with Gasteiger partial charge in [0.25, 0.3) is 11.4 Å². The second-order valence-electron chi connectivity index (χ2n) is 3.30. The molecule has 18 heavy (non-hydrogen) atoms. The van der Waals surface area contributed by atoms with Crippen LogP contribution in [0.2, 0.25) is 0 Å². The lowest BCUT2D eigenvalue weighted by Crippen LogP contribution is -2.01. The monoisotopic (exact) mass is 272 g/mol. The molecule has 0 aliphatic rings. The number of nitrogens with zero attached hydrogens (tertiary/aromatic N) is 2. The average Bonchev–Trinajstić information content (AvgIpc) is 2.25. The topological polar surface area (TPSA) is 124 Å². The van der Waals surface area contributed by atoms with Crippen LogP contribution in [0.3, 0.4) is 0 Å². The molecule has 0 amide bonds. The lowest BCUT2D eigenvalue weighted by Gasteiger charge is -2.03. The number of carbonyl (C=O) groups is 1. The Hall–Kier alpha value is -2.16. The number of carboxylic acids is 1. The van der Waals surface area contributed by atoms with E-state index in [1.807, 2.05) is 0 Å². The van der Waals surface area contributed by atoms with Crippen molar-refractivity contribution in [1.29, 1.82) is 0 Å². The predicted octanol–water partition coefficient (Wildman–Crippen LogP) is 1.99. The minimum Gasteiger partial charge on any atom is -0.481 e. The molecule has 0 bridgehead atoms. The molecular formula is C9H8N2O6S. The van der Waals surface area contributed by atoms with Crippen LogP contribution in [0.4, 0.5) is 11.4 Å². The Balaban J connectivity index is 3.24. The highest BCUT2D eigenvalue weighted by molar-refractivity contribution is 8.00. The Kier molecular flexibility index (Phi) is 4.21. The van der Waals surface area contributed by atoms with Gasteiger partial charge in [-0.05, 0) is 13.0 Å². The predicted molar refractivity (Wildman–Crippen MR) is 62.8 cm³/mol. The molecule has 0 atom stereocenters. The molecule has 1 N–H and O–H groups in total. The quantitative estimate of drug-likeness (QED) is 0.493. The van der Waals surface area contributed by atoms with E-state index in [4.69, 9.17) is 5.11 Å². The fourth-order valence-electron chi connectivity index (χ4n) is 1.25. The van der Waals surface area contributed by atoms with Crippen molar-refractivity contribution in [1.82, 2.24) is 0 Å². The van der Waals surface area contributed by atoms with Crippen LogP contribution in [0.5, 0.6) is 0 Å². The van der Waals surface area contributed by atoms with Crippen molar-refractivity contribution >= 4 is 29.1 Å². The number of carboxylic acid groups (broad SMARTS) is 1. The Morgan fingerprint density at radius 3 is 2.28 bits per heavy atom. The summed E-state index contributed by atoms with van der Waals surface area (Å²) in [5.74, 6) is -1.47. The molecule has 1 aromatic carbocycles. The van der Waals surface area contributed by atoms with E-state index in [0.717, 1.165) is 17.8 Å². The van der Waals surface area contributed by atoms with Crippen molar-refractivity contribution < 1.29 is 19.7 Å². The van der Waals surface area contributed by atoms with Gasteiger partial charge in [-0.3, -0.25) is 25.0 Å². The van der Waals surface area contributed by atoms with Gasteiger partial charge in [0.15, 0.2) is 0 Å². The summed E-state index contributed by atoms with van der Waals surface area (Å²) in [5, 5.41) is 29.9. The number of aliphatic carboxylic acids is 1. The van der Waals surface area contributed by atoms with Crippen LogP contribution in [0, 0.1) is 27.2 Å². The number of thioether (sulfide) groups is 1. The molecule has 9 heteroatoms. The third kappa shape index (κ3) is 3.17. The molecule has 0 aliphatic heterocycles. The largest absolute Gasteiger partial charge is 0.481 e. The van der Waals surface area contributed by atoms with E-state index in [2.05, 4.69) is 0 Å². The molecule has 1 rings (SSSR count). The van der Waals surface area contributed by atoms with Gasteiger partial charge in [-0.1, -0.05) is 0 Å². The highest BCUT2D eigenvalue weighted by atomic mass is 32.2. The molecular weight excluding hydrogens is 264 g/mol. The van der Waals surface area contributed by atoms with Gasteiger partial charge >= 0.3 is 5.97 Å². The number of nitro groups is 2. The number of rotatable bonds is 5. The summed E-state index contributed by atoms with van der Waals surface area (Å²) in [6.45, 7) is 1.44. The summed E-state index contributed by atoms with van der Waals surface area (Å²) in [4.78, 5) is 30.5. The van der Waals surface area contributed by atoms with Crippen molar-refractivity contribution in [3.8, 4) is 0 Å². The molecule has 0 aliphatic carbocycles.